The molecule has 0 spiro atoms. The molecule has 0 bridgehead atoms. The third-order valence-corrected chi connectivity index (χ3v) is 6.87. The lowest BCUT2D eigenvalue weighted by atomic mass is 10.1. The normalized spacial score (nSPS) is 19.7. The molecule has 2 aliphatic rings. The van der Waals surface area contributed by atoms with Crippen LogP contribution in [0.5, 0.6) is 0 Å². The van der Waals surface area contributed by atoms with Gasteiger partial charge in [-0.25, -0.2) is 9.97 Å². The SMILES string of the molecule is O=C(c1ccc(Cl)cc1)N1CCN([C@H]2CCN(c3ncnc4cc(C(F)(F)F)ccc34)C2)CC1. The molecule has 1 amide bonds. The highest BCUT2D eigenvalue weighted by Crippen LogP contribution is 2.34. The molecule has 3 heterocycles. The largest absolute Gasteiger partial charge is 0.416 e. The first-order valence-corrected chi connectivity index (χ1v) is 11.5. The Bertz CT molecular complexity index is 1200. The van der Waals surface area contributed by atoms with E-state index in [1.165, 1.54) is 12.4 Å². The van der Waals surface area contributed by atoms with Crippen LogP contribution in [0.2, 0.25) is 5.02 Å². The minimum atomic E-state index is -4.41. The molecular weight excluding hydrogens is 467 g/mol. The molecule has 6 nitrogen and oxygen atoms in total. The van der Waals surface area contributed by atoms with Gasteiger partial charge in [-0.1, -0.05) is 11.6 Å². The summed E-state index contributed by atoms with van der Waals surface area (Å²) in [5.74, 6) is 0.674. The Labute approximate surface area is 199 Å². The number of hydrogen-bond donors (Lipinski definition) is 0. The molecule has 2 aromatic carbocycles. The van der Waals surface area contributed by atoms with E-state index in [2.05, 4.69) is 19.8 Å². The van der Waals surface area contributed by atoms with Crippen molar-refractivity contribution < 1.29 is 18.0 Å². The number of carbonyl (C=O) groups is 1. The van der Waals surface area contributed by atoms with Gasteiger partial charge in [-0.05, 0) is 48.9 Å². The Morgan fingerprint density at radius 2 is 1.71 bits per heavy atom. The van der Waals surface area contributed by atoms with Gasteiger partial charge in [0, 0.05) is 61.3 Å². The molecule has 0 N–H and O–H groups in total. The van der Waals surface area contributed by atoms with E-state index >= 15 is 0 Å². The molecule has 0 unspecified atom stereocenters. The molecule has 0 aliphatic carbocycles. The van der Waals surface area contributed by atoms with Crippen molar-refractivity contribution in [2.45, 2.75) is 18.6 Å². The van der Waals surface area contributed by atoms with E-state index in [-0.39, 0.29) is 11.4 Å². The molecule has 0 radical (unpaired) electrons. The van der Waals surface area contributed by atoms with Crippen molar-refractivity contribution in [2.24, 2.45) is 0 Å². The average Bonchev–Trinajstić information content (AvgIpc) is 3.33. The van der Waals surface area contributed by atoms with Gasteiger partial charge >= 0.3 is 6.18 Å². The van der Waals surface area contributed by atoms with Gasteiger partial charge in [-0.15, -0.1) is 0 Å². The molecule has 10 heteroatoms. The summed E-state index contributed by atoms with van der Waals surface area (Å²) >= 11 is 5.92. The molecule has 0 saturated carbocycles. The summed E-state index contributed by atoms with van der Waals surface area (Å²) in [4.78, 5) is 27.6. The number of fused-ring (bicyclic) bond motifs is 1. The molecule has 1 aromatic heterocycles. The predicted molar refractivity (Wildman–Crippen MR) is 124 cm³/mol. The number of carbonyl (C=O) groups excluding carboxylic acids is 1. The molecule has 2 fully saturated rings. The smallest absolute Gasteiger partial charge is 0.354 e. The first-order valence-electron chi connectivity index (χ1n) is 11.2. The van der Waals surface area contributed by atoms with Crippen LogP contribution in [0, 0.1) is 0 Å². The number of aromatic nitrogens is 2. The maximum absolute atomic E-state index is 13.1. The number of halogens is 4. The topological polar surface area (TPSA) is 52.6 Å². The average molecular weight is 490 g/mol. The second kappa shape index (κ2) is 9.03. The van der Waals surface area contributed by atoms with Crippen LogP contribution in [0.1, 0.15) is 22.3 Å². The number of nitrogens with zero attached hydrogens (tertiary/aromatic N) is 5. The monoisotopic (exact) mass is 489 g/mol. The summed E-state index contributed by atoms with van der Waals surface area (Å²) in [6, 6.07) is 10.8. The number of alkyl halides is 3. The molecule has 34 heavy (non-hydrogen) atoms. The zero-order valence-corrected chi connectivity index (χ0v) is 19.1. The van der Waals surface area contributed by atoms with Crippen LogP contribution in [0.15, 0.2) is 48.8 Å². The molecular formula is C24H23ClF3N5O. The number of rotatable bonds is 3. The third kappa shape index (κ3) is 4.54. The first kappa shape index (κ1) is 22.9. The van der Waals surface area contributed by atoms with Crippen molar-refractivity contribution in [1.29, 1.82) is 0 Å². The van der Waals surface area contributed by atoms with Crippen molar-refractivity contribution in [3.8, 4) is 0 Å². The van der Waals surface area contributed by atoms with Gasteiger partial charge in [-0.3, -0.25) is 9.69 Å². The van der Waals surface area contributed by atoms with Gasteiger partial charge in [0.15, 0.2) is 0 Å². The van der Waals surface area contributed by atoms with E-state index < -0.39 is 11.7 Å². The lowest BCUT2D eigenvalue weighted by molar-refractivity contribution is -0.137. The maximum Gasteiger partial charge on any atom is 0.416 e. The summed E-state index contributed by atoms with van der Waals surface area (Å²) in [6.45, 7) is 4.35. The van der Waals surface area contributed by atoms with Crippen LogP contribution >= 0.6 is 11.6 Å². The molecule has 5 rings (SSSR count). The fourth-order valence-electron chi connectivity index (χ4n) is 4.77. The first-order chi connectivity index (χ1) is 16.3. The zero-order chi connectivity index (χ0) is 23.9. The summed E-state index contributed by atoms with van der Waals surface area (Å²) in [5, 5.41) is 1.22. The number of piperazine rings is 1. The molecule has 2 saturated heterocycles. The van der Waals surface area contributed by atoms with E-state index in [1.54, 1.807) is 24.3 Å². The second-order valence-electron chi connectivity index (χ2n) is 8.65. The summed E-state index contributed by atoms with van der Waals surface area (Å²) in [5.41, 5.74) is 0.210. The maximum atomic E-state index is 13.1. The predicted octanol–water partition coefficient (Wildman–Crippen LogP) is 4.34. The lowest BCUT2D eigenvalue weighted by Gasteiger charge is -2.38. The van der Waals surface area contributed by atoms with Crippen LogP contribution in [0.3, 0.4) is 0 Å². The molecule has 2 aliphatic heterocycles. The summed E-state index contributed by atoms with van der Waals surface area (Å²) in [7, 11) is 0. The van der Waals surface area contributed by atoms with Crippen LogP contribution in [-0.2, 0) is 6.18 Å². The minimum Gasteiger partial charge on any atom is -0.354 e. The van der Waals surface area contributed by atoms with Crippen molar-refractivity contribution in [3.05, 3.63) is 64.9 Å². The van der Waals surface area contributed by atoms with Gasteiger partial charge < -0.3 is 9.80 Å². The molecule has 1 atom stereocenters. The van der Waals surface area contributed by atoms with Gasteiger partial charge in [0.1, 0.15) is 12.1 Å². The van der Waals surface area contributed by atoms with Crippen LogP contribution in [-0.4, -0.2) is 71.0 Å². The Morgan fingerprint density at radius 3 is 2.41 bits per heavy atom. The summed E-state index contributed by atoms with van der Waals surface area (Å²) in [6.07, 6.45) is -2.15. The van der Waals surface area contributed by atoms with E-state index in [9.17, 15) is 18.0 Å². The quantitative estimate of drug-likeness (QED) is 0.548. The molecule has 178 valence electrons. The highest BCUT2D eigenvalue weighted by molar-refractivity contribution is 6.30. The van der Waals surface area contributed by atoms with E-state index in [4.69, 9.17) is 11.6 Å². The fourth-order valence-corrected chi connectivity index (χ4v) is 4.89. The highest BCUT2D eigenvalue weighted by Gasteiger charge is 2.33. The van der Waals surface area contributed by atoms with Crippen LogP contribution in [0.25, 0.3) is 10.9 Å². The number of amides is 1. The Balaban J connectivity index is 1.23. The van der Waals surface area contributed by atoms with Crippen LogP contribution in [0.4, 0.5) is 19.0 Å². The van der Waals surface area contributed by atoms with Crippen LogP contribution < -0.4 is 4.90 Å². The van der Waals surface area contributed by atoms with Crippen molar-refractivity contribution >= 4 is 34.2 Å². The van der Waals surface area contributed by atoms with Gasteiger partial charge in [0.2, 0.25) is 0 Å². The number of hydrogen-bond acceptors (Lipinski definition) is 5. The van der Waals surface area contributed by atoms with E-state index in [1.807, 2.05) is 4.90 Å². The standard InChI is InChI=1S/C24H23ClF3N5O/c25-18-4-1-16(2-5-18)23(34)32-11-9-31(10-12-32)19-7-8-33(14-19)22-20-6-3-17(24(26,27)28)13-21(20)29-15-30-22/h1-6,13,15,19H,7-12,14H2/t19-/m0/s1. The third-order valence-electron chi connectivity index (χ3n) is 6.61. The van der Waals surface area contributed by atoms with Crippen molar-refractivity contribution in [2.75, 3.05) is 44.2 Å². The van der Waals surface area contributed by atoms with Crippen molar-refractivity contribution in [1.82, 2.24) is 19.8 Å². The lowest BCUT2D eigenvalue weighted by Crippen LogP contribution is -2.52. The fraction of sp³-hybridized carbons (Fsp3) is 0.375. The highest BCUT2D eigenvalue weighted by atomic mass is 35.5. The van der Waals surface area contributed by atoms with Gasteiger partial charge in [0.05, 0.1) is 11.1 Å². The second-order valence-corrected chi connectivity index (χ2v) is 9.09. The van der Waals surface area contributed by atoms with E-state index in [0.29, 0.717) is 40.9 Å². The number of anilines is 1. The Morgan fingerprint density at radius 1 is 0.971 bits per heavy atom. The zero-order valence-electron chi connectivity index (χ0n) is 18.3. The minimum absolute atomic E-state index is 0.00930. The molecule has 3 aromatic rings. The number of benzene rings is 2. The van der Waals surface area contributed by atoms with E-state index in [0.717, 1.165) is 44.7 Å². The van der Waals surface area contributed by atoms with Crippen molar-refractivity contribution in [3.63, 3.8) is 0 Å². The summed E-state index contributed by atoms with van der Waals surface area (Å²) < 4.78 is 39.2. The Kier molecular flexibility index (Phi) is 6.07. The Hall–Kier alpha value is -2.91. The van der Waals surface area contributed by atoms with Gasteiger partial charge in [-0.2, -0.15) is 13.2 Å². The van der Waals surface area contributed by atoms with Gasteiger partial charge in [0.25, 0.3) is 5.91 Å².